The molecule has 5 nitrogen and oxygen atoms in total. The van der Waals surface area contributed by atoms with Gasteiger partial charge < -0.3 is 5.11 Å². The van der Waals surface area contributed by atoms with Crippen LogP contribution in [0.4, 0.5) is 0 Å². The Kier molecular flexibility index (Phi) is 5.16. The van der Waals surface area contributed by atoms with E-state index in [-0.39, 0.29) is 11.3 Å². The number of carbonyl (C=O) groups is 1. The molecule has 31 heavy (non-hydrogen) atoms. The fourth-order valence-corrected chi connectivity index (χ4v) is 8.81. The third-order valence-corrected chi connectivity index (χ3v) is 10.6. The fraction of sp³-hybridized carbons (Fsp3) is 0.885. The van der Waals surface area contributed by atoms with Gasteiger partial charge in [0.05, 0.1) is 11.3 Å². The van der Waals surface area contributed by atoms with Crippen LogP contribution in [0.25, 0.3) is 0 Å². The predicted molar refractivity (Wildman–Crippen MR) is 120 cm³/mol. The summed E-state index contributed by atoms with van der Waals surface area (Å²) in [6.07, 6.45) is 13.2. The Labute approximate surface area is 187 Å². The van der Waals surface area contributed by atoms with Crippen molar-refractivity contribution in [3.05, 3.63) is 11.9 Å². The van der Waals surface area contributed by atoms with Crippen molar-refractivity contribution in [1.82, 2.24) is 15.0 Å². The zero-order valence-corrected chi connectivity index (χ0v) is 19.9. The van der Waals surface area contributed by atoms with E-state index in [2.05, 4.69) is 31.1 Å². The van der Waals surface area contributed by atoms with Crippen LogP contribution in [-0.4, -0.2) is 31.5 Å². The van der Waals surface area contributed by atoms with Crippen molar-refractivity contribution in [1.29, 1.82) is 0 Å². The number of aromatic nitrogens is 3. The maximum Gasteiger partial charge on any atom is 0.157 e. The van der Waals surface area contributed by atoms with E-state index in [1.54, 1.807) is 4.68 Å². The molecule has 0 saturated heterocycles. The summed E-state index contributed by atoms with van der Waals surface area (Å²) < 4.78 is 1.75. The fourth-order valence-electron chi connectivity index (χ4n) is 8.81. The monoisotopic (exact) mass is 427 g/mol. The molecule has 0 amide bonds. The van der Waals surface area contributed by atoms with Crippen LogP contribution in [0, 0.1) is 40.4 Å². The molecule has 4 fully saturated rings. The second-order valence-corrected chi connectivity index (χ2v) is 12.3. The molecular formula is C26H41N3O2. The highest BCUT2D eigenvalue weighted by molar-refractivity contribution is 5.82. The van der Waals surface area contributed by atoms with Gasteiger partial charge in [-0.3, -0.25) is 4.79 Å². The molecule has 1 N–H and O–H groups in total. The Morgan fingerprint density at radius 3 is 2.58 bits per heavy atom. The highest BCUT2D eigenvalue weighted by Gasteiger charge is 2.61. The molecule has 4 saturated carbocycles. The second kappa shape index (κ2) is 7.40. The van der Waals surface area contributed by atoms with Gasteiger partial charge >= 0.3 is 0 Å². The number of hydrogen-bond donors (Lipinski definition) is 1. The molecule has 1 aromatic rings. The Morgan fingerprint density at radius 2 is 1.84 bits per heavy atom. The average molecular weight is 428 g/mol. The first-order chi connectivity index (χ1) is 14.7. The summed E-state index contributed by atoms with van der Waals surface area (Å²) in [5.74, 6) is 3.42. The zero-order valence-electron chi connectivity index (χ0n) is 19.9. The molecule has 0 bridgehead atoms. The van der Waals surface area contributed by atoms with Gasteiger partial charge in [-0.25, -0.2) is 4.68 Å². The topological polar surface area (TPSA) is 68.0 Å². The van der Waals surface area contributed by atoms with Gasteiger partial charge in [0.2, 0.25) is 0 Å². The lowest BCUT2D eigenvalue weighted by Gasteiger charge is -2.61. The van der Waals surface area contributed by atoms with Crippen LogP contribution in [0.3, 0.4) is 0 Å². The third kappa shape index (κ3) is 3.41. The van der Waals surface area contributed by atoms with E-state index < -0.39 is 5.60 Å². The normalized spacial score (nSPS) is 46.8. The lowest BCUT2D eigenvalue weighted by Crippen LogP contribution is -2.55. The Morgan fingerprint density at radius 1 is 1.06 bits per heavy atom. The van der Waals surface area contributed by atoms with Gasteiger partial charge in [0.15, 0.2) is 5.78 Å². The Bertz CT molecular complexity index is 847. The number of fused-ring (bicyclic) bond motifs is 5. The molecule has 0 aliphatic heterocycles. The summed E-state index contributed by atoms with van der Waals surface area (Å²) in [6, 6.07) is 0. The molecule has 1 aromatic heterocycles. The molecule has 4 aliphatic rings. The van der Waals surface area contributed by atoms with Crippen molar-refractivity contribution < 1.29 is 9.90 Å². The van der Waals surface area contributed by atoms with E-state index in [1.165, 1.54) is 38.5 Å². The average Bonchev–Trinajstić information content (AvgIpc) is 3.31. The quantitative estimate of drug-likeness (QED) is 0.748. The standard InChI is InChI=1S/C26H41N3O2/c1-5-18-15-29(28-27-18)16-23(30)22-9-8-20-19-7-6-17-14-24(2,31)12-13-25(17,3)21(19)10-11-26(20,22)4/h15,17,19-22,31H,5-14,16H2,1-4H3/t17-,19-,20-,21-,22+,24+,25-,26-/m0/s1. The van der Waals surface area contributed by atoms with Gasteiger partial charge in [0.25, 0.3) is 0 Å². The highest BCUT2D eigenvalue weighted by atomic mass is 16.3. The van der Waals surface area contributed by atoms with E-state index in [0.29, 0.717) is 29.6 Å². The first-order valence-corrected chi connectivity index (χ1v) is 12.8. The number of hydrogen-bond acceptors (Lipinski definition) is 4. The number of nitrogens with zero attached hydrogens (tertiary/aromatic N) is 3. The van der Waals surface area contributed by atoms with Crippen LogP contribution in [0.5, 0.6) is 0 Å². The van der Waals surface area contributed by atoms with Gasteiger partial charge in [0.1, 0.15) is 6.54 Å². The minimum absolute atomic E-state index is 0.149. The van der Waals surface area contributed by atoms with Crippen molar-refractivity contribution in [2.45, 2.75) is 104 Å². The number of aryl methyl sites for hydroxylation is 1. The molecule has 172 valence electrons. The van der Waals surface area contributed by atoms with Crippen molar-refractivity contribution in [3.63, 3.8) is 0 Å². The summed E-state index contributed by atoms with van der Waals surface area (Å²) >= 11 is 0. The molecule has 0 spiro atoms. The molecule has 0 radical (unpaired) electrons. The largest absolute Gasteiger partial charge is 0.390 e. The molecule has 5 rings (SSSR count). The molecule has 5 heteroatoms. The molecule has 1 heterocycles. The first kappa shape index (κ1) is 21.6. The van der Waals surface area contributed by atoms with Gasteiger partial charge in [-0.2, -0.15) is 0 Å². The zero-order chi connectivity index (χ0) is 22.0. The van der Waals surface area contributed by atoms with Crippen molar-refractivity contribution in [3.8, 4) is 0 Å². The Hall–Kier alpha value is -1.23. The number of rotatable bonds is 4. The SMILES string of the molecule is CCc1cn(CC(=O)[C@H]2CC[C@H]3[C@@H]4CC[C@H]5C[C@](C)(O)CC[C@]5(C)[C@H]4CC[C@]23C)nn1. The summed E-state index contributed by atoms with van der Waals surface area (Å²) in [6.45, 7) is 9.47. The first-order valence-electron chi connectivity index (χ1n) is 12.8. The summed E-state index contributed by atoms with van der Waals surface area (Å²) in [7, 11) is 0. The van der Waals surface area contributed by atoms with Crippen LogP contribution in [-0.2, 0) is 17.8 Å². The number of aliphatic hydroxyl groups is 1. The minimum atomic E-state index is -0.468. The van der Waals surface area contributed by atoms with Crippen molar-refractivity contribution in [2.75, 3.05) is 0 Å². The molecule has 0 aromatic carbocycles. The van der Waals surface area contributed by atoms with Gasteiger partial charge in [-0.15, -0.1) is 5.10 Å². The smallest absolute Gasteiger partial charge is 0.157 e. The van der Waals surface area contributed by atoms with Crippen LogP contribution in [0.15, 0.2) is 6.20 Å². The minimum Gasteiger partial charge on any atom is -0.390 e. The van der Waals surface area contributed by atoms with Gasteiger partial charge in [-0.05, 0) is 106 Å². The molecule has 8 atom stereocenters. The van der Waals surface area contributed by atoms with Crippen LogP contribution >= 0.6 is 0 Å². The van der Waals surface area contributed by atoms with Crippen molar-refractivity contribution in [2.24, 2.45) is 40.4 Å². The van der Waals surface area contributed by atoms with E-state index >= 15 is 0 Å². The second-order valence-electron chi connectivity index (χ2n) is 12.3. The number of carbonyl (C=O) groups excluding carboxylic acids is 1. The summed E-state index contributed by atoms with van der Waals surface area (Å²) in [4.78, 5) is 13.4. The maximum atomic E-state index is 13.4. The van der Waals surface area contributed by atoms with Crippen LogP contribution in [0.1, 0.15) is 91.2 Å². The highest BCUT2D eigenvalue weighted by Crippen LogP contribution is 2.68. The summed E-state index contributed by atoms with van der Waals surface area (Å²) in [5.41, 5.74) is 1.02. The predicted octanol–water partition coefficient (Wildman–Crippen LogP) is 4.82. The number of Topliss-reactive ketones (excluding diaryl/α,β-unsaturated/α-hetero) is 1. The molecule has 4 aliphatic carbocycles. The van der Waals surface area contributed by atoms with E-state index in [4.69, 9.17) is 0 Å². The third-order valence-electron chi connectivity index (χ3n) is 10.6. The number of ketones is 1. The molecular weight excluding hydrogens is 386 g/mol. The van der Waals surface area contributed by atoms with E-state index in [9.17, 15) is 9.90 Å². The molecule has 0 unspecified atom stereocenters. The van der Waals surface area contributed by atoms with Gasteiger partial charge in [0, 0.05) is 12.1 Å². The maximum absolute atomic E-state index is 13.4. The van der Waals surface area contributed by atoms with E-state index in [1.807, 2.05) is 13.1 Å². The van der Waals surface area contributed by atoms with Crippen molar-refractivity contribution >= 4 is 5.78 Å². The van der Waals surface area contributed by atoms with Gasteiger partial charge in [-0.1, -0.05) is 26.0 Å². The lowest BCUT2D eigenvalue weighted by molar-refractivity contribution is -0.151. The Balaban J connectivity index is 1.33. The van der Waals surface area contributed by atoms with E-state index in [0.717, 1.165) is 43.2 Å². The lowest BCUT2D eigenvalue weighted by atomic mass is 9.44. The van der Waals surface area contributed by atoms with Crippen LogP contribution < -0.4 is 0 Å². The van der Waals surface area contributed by atoms with Crippen LogP contribution in [0.2, 0.25) is 0 Å². The summed E-state index contributed by atoms with van der Waals surface area (Å²) in [5, 5.41) is 19.0.